The minimum atomic E-state index is -1.07. The summed E-state index contributed by atoms with van der Waals surface area (Å²) in [6.45, 7) is 13.1. The van der Waals surface area contributed by atoms with Crippen LogP contribution in [0.4, 0.5) is 5.82 Å². The molecule has 0 radical (unpaired) electrons. The highest BCUT2D eigenvalue weighted by atomic mass is 127. The van der Waals surface area contributed by atoms with Crippen LogP contribution in [-0.2, 0) is 12.1 Å². The Morgan fingerprint density at radius 2 is 1.97 bits per heavy atom. The van der Waals surface area contributed by atoms with Crippen molar-refractivity contribution in [1.82, 2.24) is 20.5 Å². The summed E-state index contributed by atoms with van der Waals surface area (Å²) in [6.07, 6.45) is 1.84. The molecule has 9 heteroatoms. The highest BCUT2D eigenvalue weighted by Crippen LogP contribution is 2.26. The molecule has 0 amide bonds. The fourth-order valence-electron chi connectivity index (χ4n) is 3.88. The summed E-state index contributed by atoms with van der Waals surface area (Å²) < 4.78 is 5.59. The zero-order valence-electron chi connectivity index (χ0n) is 19.8. The van der Waals surface area contributed by atoms with Gasteiger partial charge in [0.15, 0.2) is 5.96 Å². The van der Waals surface area contributed by atoms with Gasteiger partial charge in [0.2, 0.25) is 0 Å². The molecule has 0 saturated carbocycles. The number of anilines is 1. The predicted octanol–water partition coefficient (Wildman–Crippen LogP) is 2.62. The van der Waals surface area contributed by atoms with Crippen molar-refractivity contribution in [3.63, 3.8) is 0 Å². The van der Waals surface area contributed by atoms with Crippen molar-refractivity contribution >= 4 is 35.8 Å². The summed E-state index contributed by atoms with van der Waals surface area (Å²) in [4.78, 5) is 14.1. The fraction of sp³-hybridized carbons (Fsp3) is 0.565. The third kappa shape index (κ3) is 6.82. The average molecular weight is 556 g/mol. The minimum Gasteiger partial charge on any atom is -0.466 e. The highest BCUT2D eigenvalue weighted by Gasteiger charge is 2.28. The number of piperazine rings is 1. The number of furan rings is 1. The van der Waals surface area contributed by atoms with Crippen LogP contribution >= 0.6 is 24.0 Å². The van der Waals surface area contributed by atoms with Crippen molar-refractivity contribution in [2.75, 3.05) is 51.2 Å². The number of pyridine rings is 1. The Labute approximate surface area is 208 Å². The van der Waals surface area contributed by atoms with Gasteiger partial charge >= 0.3 is 0 Å². The van der Waals surface area contributed by atoms with E-state index in [-0.39, 0.29) is 24.0 Å². The van der Waals surface area contributed by atoms with Gasteiger partial charge in [-0.25, -0.2) is 9.98 Å². The Morgan fingerprint density at radius 1 is 1.25 bits per heavy atom. The highest BCUT2D eigenvalue weighted by molar-refractivity contribution is 14.0. The van der Waals surface area contributed by atoms with Crippen LogP contribution in [0.3, 0.4) is 0 Å². The molecule has 1 unspecified atom stereocenters. The lowest BCUT2D eigenvalue weighted by Crippen LogP contribution is -2.45. The largest absolute Gasteiger partial charge is 0.466 e. The SMILES string of the molecule is CCNC(=NCc1cccnc1N1CCN(C)CC1)NCC(C)(O)c1cc(C)oc1C.I. The first-order valence-corrected chi connectivity index (χ1v) is 11.0. The van der Waals surface area contributed by atoms with Crippen molar-refractivity contribution in [1.29, 1.82) is 0 Å². The molecule has 32 heavy (non-hydrogen) atoms. The van der Waals surface area contributed by atoms with Crippen molar-refractivity contribution in [3.8, 4) is 0 Å². The molecule has 0 aromatic carbocycles. The maximum atomic E-state index is 11.0. The number of aliphatic hydroxyl groups is 1. The molecule has 3 heterocycles. The number of rotatable bonds is 7. The third-order valence-corrected chi connectivity index (χ3v) is 5.64. The average Bonchev–Trinajstić information content (AvgIpc) is 3.10. The van der Waals surface area contributed by atoms with E-state index < -0.39 is 5.60 Å². The summed E-state index contributed by atoms with van der Waals surface area (Å²) in [5.74, 6) is 3.19. The van der Waals surface area contributed by atoms with Gasteiger partial charge < -0.3 is 30.0 Å². The molecule has 1 fully saturated rings. The van der Waals surface area contributed by atoms with E-state index in [1.165, 1.54) is 0 Å². The van der Waals surface area contributed by atoms with E-state index in [1.807, 2.05) is 39.1 Å². The first-order chi connectivity index (χ1) is 14.8. The number of hydrogen-bond donors (Lipinski definition) is 3. The molecule has 1 aliphatic heterocycles. The van der Waals surface area contributed by atoms with Crippen molar-refractivity contribution < 1.29 is 9.52 Å². The monoisotopic (exact) mass is 556 g/mol. The van der Waals surface area contributed by atoms with Crippen LogP contribution in [0.1, 0.15) is 36.5 Å². The van der Waals surface area contributed by atoms with Crippen molar-refractivity contribution in [2.45, 2.75) is 39.8 Å². The lowest BCUT2D eigenvalue weighted by Gasteiger charge is -2.34. The van der Waals surface area contributed by atoms with E-state index in [1.54, 1.807) is 6.92 Å². The Hall–Kier alpha value is -1.85. The Balaban J connectivity index is 0.00000363. The van der Waals surface area contributed by atoms with Gasteiger partial charge in [0.05, 0.1) is 13.1 Å². The van der Waals surface area contributed by atoms with Gasteiger partial charge in [0.25, 0.3) is 0 Å². The fourth-order valence-corrected chi connectivity index (χ4v) is 3.88. The van der Waals surface area contributed by atoms with Gasteiger partial charge in [0, 0.05) is 50.0 Å². The molecule has 3 N–H and O–H groups in total. The van der Waals surface area contributed by atoms with E-state index in [0.717, 1.165) is 61.2 Å². The zero-order chi connectivity index (χ0) is 22.4. The topological polar surface area (TPSA) is 89.2 Å². The summed E-state index contributed by atoms with van der Waals surface area (Å²) >= 11 is 0. The first kappa shape index (κ1) is 26.4. The smallest absolute Gasteiger partial charge is 0.191 e. The second-order valence-corrected chi connectivity index (χ2v) is 8.43. The maximum Gasteiger partial charge on any atom is 0.191 e. The Morgan fingerprint density at radius 3 is 2.59 bits per heavy atom. The van der Waals surface area contributed by atoms with E-state index in [4.69, 9.17) is 9.41 Å². The number of guanidine groups is 1. The van der Waals surface area contributed by atoms with Gasteiger partial charge in [0.1, 0.15) is 22.9 Å². The molecule has 8 nitrogen and oxygen atoms in total. The number of nitrogens with one attached hydrogen (secondary N) is 2. The summed E-state index contributed by atoms with van der Waals surface area (Å²) in [7, 11) is 2.15. The quantitative estimate of drug-likeness (QED) is 0.275. The maximum absolute atomic E-state index is 11.0. The number of likely N-dealkylation sites (N-methyl/N-ethyl adjacent to an activating group) is 1. The number of nitrogens with zero attached hydrogens (tertiary/aromatic N) is 4. The summed E-state index contributed by atoms with van der Waals surface area (Å²) in [5.41, 5.74) is 0.812. The lowest BCUT2D eigenvalue weighted by molar-refractivity contribution is 0.0601. The number of aryl methyl sites for hydroxylation is 2. The minimum absolute atomic E-state index is 0. The summed E-state index contributed by atoms with van der Waals surface area (Å²) in [5, 5.41) is 17.5. The van der Waals surface area contributed by atoms with Gasteiger partial charge in [-0.05, 0) is 46.9 Å². The molecule has 1 atom stereocenters. The standard InChI is InChI=1S/C23H36N6O2.HI/c1-6-24-22(27-16-23(4,30)20-14-17(2)31-18(20)3)26-15-19-8-7-9-25-21(19)29-12-10-28(5)11-13-29;/h7-9,14,30H,6,10-13,15-16H2,1-5H3,(H2,24,26,27);1H. The molecule has 0 aliphatic carbocycles. The van der Waals surface area contributed by atoms with Crippen LogP contribution in [-0.4, -0.2) is 67.3 Å². The molecular weight excluding hydrogens is 519 g/mol. The van der Waals surface area contributed by atoms with E-state index >= 15 is 0 Å². The van der Waals surface area contributed by atoms with Gasteiger partial charge in [-0.15, -0.1) is 24.0 Å². The van der Waals surface area contributed by atoms with Crippen LogP contribution in [0.5, 0.6) is 0 Å². The van der Waals surface area contributed by atoms with Crippen LogP contribution in [0.15, 0.2) is 33.8 Å². The summed E-state index contributed by atoms with van der Waals surface area (Å²) in [6, 6.07) is 5.93. The van der Waals surface area contributed by atoms with Crippen LogP contribution < -0.4 is 15.5 Å². The molecule has 2 aromatic rings. The predicted molar refractivity (Wildman–Crippen MR) is 140 cm³/mol. The van der Waals surface area contributed by atoms with Crippen LogP contribution in [0, 0.1) is 13.8 Å². The van der Waals surface area contributed by atoms with Crippen LogP contribution in [0.2, 0.25) is 0 Å². The molecule has 3 rings (SSSR count). The van der Waals surface area contributed by atoms with E-state index in [9.17, 15) is 5.11 Å². The number of hydrogen-bond acceptors (Lipinski definition) is 6. The van der Waals surface area contributed by atoms with Crippen molar-refractivity contribution in [3.05, 3.63) is 47.0 Å². The number of aromatic nitrogens is 1. The second kappa shape index (κ2) is 11.9. The zero-order valence-corrected chi connectivity index (χ0v) is 22.1. The number of aliphatic imine (C=N–C) groups is 1. The second-order valence-electron chi connectivity index (χ2n) is 8.43. The van der Waals surface area contributed by atoms with Gasteiger partial charge in [-0.3, -0.25) is 0 Å². The molecule has 0 bridgehead atoms. The molecule has 1 saturated heterocycles. The van der Waals surface area contributed by atoms with Gasteiger partial charge in [-0.1, -0.05) is 6.07 Å². The molecule has 2 aromatic heterocycles. The van der Waals surface area contributed by atoms with E-state index in [2.05, 4.69) is 38.5 Å². The van der Waals surface area contributed by atoms with Crippen molar-refractivity contribution in [2.24, 2.45) is 4.99 Å². The third-order valence-electron chi connectivity index (χ3n) is 5.64. The van der Waals surface area contributed by atoms with E-state index in [0.29, 0.717) is 19.0 Å². The Bertz CT molecular complexity index is 890. The Kier molecular flexibility index (Phi) is 9.78. The molecule has 0 spiro atoms. The van der Waals surface area contributed by atoms with Crippen LogP contribution in [0.25, 0.3) is 0 Å². The van der Waals surface area contributed by atoms with Gasteiger partial charge in [-0.2, -0.15) is 0 Å². The molecular formula is C23H37IN6O2. The molecule has 1 aliphatic rings. The lowest BCUT2D eigenvalue weighted by atomic mass is 9.96. The normalized spacial score (nSPS) is 16.9. The molecule has 178 valence electrons. The number of halogens is 1. The first-order valence-electron chi connectivity index (χ1n) is 11.0.